The fraction of sp³-hybridized carbons (Fsp3) is 0.833. The third-order valence-corrected chi connectivity index (χ3v) is 3.72. The second-order valence-corrected chi connectivity index (χ2v) is 5.02. The summed E-state index contributed by atoms with van der Waals surface area (Å²) < 4.78 is 0. The highest BCUT2D eigenvalue weighted by Crippen LogP contribution is 2.23. The van der Waals surface area contributed by atoms with E-state index < -0.39 is 0 Å². The van der Waals surface area contributed by atoms with Crippen molar-refractivity contribution in [1.29, 1.82) is 0 Å². The van der Waals surface area contributed by atoms with Crippen molar-refractivity contribution >= 4 is 11.8 Å². The van der Waals surface area contributed by atoms with Crippen LogP contribution in [0, 0.1) is 5.92 Å². The molecular formula is C12H20N2O3. The Morgan fingerprint density at radius 1 is 1.35 bits per heavy atom. The molecular weight excluding hydrogens is 220 g/mol. The Morgan fingerprint density at radius 2 is 2.12 bits per heavy atom. The summed E-state index contributed by atoms with van der Waals surface area (Å²) in [5.74, 6) is 0.00118. The Hall–Kier alpha value is -1.10. The van der Waals surface area contributed by atoms with Crippen molar-refractivity contribution < 1.29 is 14.7 Å². The molecule has 0 aromatic heterocycles. The predicted octanol–water partition coefficient (Wildman–Crippen LogP) is -0.0677. The monoisotopic (exact) mass is 240 g/mol. The Kier molecular flexibility index (Phi) is 3.99. The van der Waals surface area contributed by atoms with Gasteiger partial charge in [-0.2, -0.15) is 0 Å². The van der Waals surface area contributed by atoms with Gasteiger partial charge in [-0.15, -0.1) is 0 Å². The smallest absolute Gasteiger partial charge is 0.242 e. The number of nitrogens with one attached hydrogen (secondary N) is 2. The van der Waals surface area contributed by atoms with Gasteiger partial charge in [0.2, 0.25) is 11.8 Å². The van der Waals surface area contributed by atoms with Gasteiger partial charge in [0.25, 0.3) is 0 Å². The molecule has 2 amide bonds. The molecule has 17 heavy (non-hydrogen) atoms. The van der Waals surface area contributed by atoms with Crippen LogP contribution in [0.1, 0.15) is 38.5 Å². The Labute approximate surface area is 101 Å². The molecule has 3 N–H and O–H groups in total. The number of carbonyl (C=O) groups excluding carboxylic acids is 2. The van der Waals surface area contributed by atoms with Crippen LogP contribution in [0.3, 0.4) is 0 Å². The molecule has 1 saturated heterocycles. The summed E-state index contributed by atoms with van der Waals surface area (Å²) in [5.41, 5.74) is 0. The SMILES string of the molecule is O=C1CC[C@H](C(=O)NCC2CCCCC2O)N1. The number of aliphatic hydroxyl groups excluding tert-OH is 1. The molecule has 0 spiro atoms. The highest BCUT2D eigenvalue weighted by molar-refractivity contribution is 5.90. The Morgan fingerprint density at radius 3 is 2.76 bits per heavy atom. The standard InChI is InChI=1S/C12H20N2O3/c15-10-4-2-1-3-8(10)7-13-12(17)9-5-6-11(16)14-9/h8-10,15H,1-7H2,(H,13,17)(H,14,16)/t8?,9-,10?/m1/s1. The molecule has 3 atom stereocenters. The number of hydrogen-bond donors (Lipinski definition) is 3. The summed E-state index contributed by atoms with van der Waals surface area (Å²) in [6.45, 7) is 0.520. The van der Waals surface area contributed by atoms with Crippen LogP contribution < -0.4 is 10.6 Å². The molecule has 1 heterocycles. The van der Waals surface area contributed by atoms with Crippen molar-refractivity contribution in [2.45, 2.75) is 50.7 Å². The average Bonchev–Trinajstić information content (AvgIpc) is 2.74. The second kappa shape index (κ2) is 5.49. The van der Waals surface area contributed by atoms with Gasteiger partial charge in [-0.05, 0) is 19.3 Å². The van der Waals surface area contributed by atoms with Crippen LogP contribution in [0.15, 0.2) is 0 Å². The van der Waals surface area contributed by atoms with E-state index in [0.29, 0.717) is 19.4 Å². The summed E-state index contributed by atoms with van der Waals surface area (Å²) in [6, 6.07) is -0.372. The Balaban J connectivity index is 1.73. The lowest BCUT2D eigenvalue weighted by atomic mass is 9.86. The van der Waals surface area contributed by atoms with Crippen molar-refractivity contribution in [3.05, 3.63) is 0 Å². The second-order valence-electron chi connectivity index (χ2n) is 5.02. The summed E-state index contributed by atoms with van der Waals surface area (Å²) in [7, 11) is 0. The van der Waals surface area contributed by atoms with Crippen molar-refractivity contribution in [2.24, 2.45) is 5.92 Å². The van der Waals surface area contributed by atoms with Gasteiger partial charge in [0.15, 0.2) is 0 Å². The fourth-order valence-corrected chi connectivity index (χ4v) is 2.59. The molecule has 5 nitrogen and oxygen atoms in total. The lowest BCUT2D eigenvalue weighted by Crippen LogP contribution is -2.45. The lowest BCUT2D eigenvalue weighted by molar-refractivity contribution is -0.126. The van der Waals surface area contributed by atoms with Crippen LogP contribution in [0.5, 0.6) is 0 Å². The fourth-order valence-electron chi connectivity index (χ4n) is 2.59. The van der Waals surface area contributed by atoms with Crippen molar-refractivity contribution in [3.8, 4) is 0 Å². The first-order valence-electron chi connectivity index (χ1n) is 6.42. The number of aliphatic hydroxyl groups is 1. The molecule has 2 unspecified atom stereocenters. The summed E-state index contributed by atoms with van der Waals surface area (Å²) in [4.78, 5) is 22.7. The minimum absolute atomic E-state index is 0.0529. The van der Waals surface area contributed by atoms with Gasteiger partial charge in [0.05, 0.1) is 6.10 Å². The van der Waals surface area contributed by atoms with Crippen LogP contribution >= 0.6 is 0 Å². The minimum Gasteiger partial charge on any atom is -0.393 e. The van der Waals surface area contributed by atoms with Crippen molar-refractivity contribution in [2.75, 3.05) is 6.54 Å². The highest BCUT2D eigenvalue weighted by atomic mass is 16.3. The van der Waals surface area contributed by atoms with E-state index in [0.717, 1.165) is 25.7 Å². The molecule has 1 aliphatic carbocycles. The van der Waals surface area contributed by atoms with E-state index in [1.807, 2.05) is 0 Å². The zero-order valence-corrected chi connectivity index (χ0v) is 9.95. The molecule has 0 radical (unpaired) electrons. The van der Waals surface area contributed by atoms with Gasteiger partial charge < -0.3 is 15.7 Å². The Bertz CT molecular complexity index is 306. The van der Waals surface area contributed by atoms with E-state index in [4.69, 9.17) is 0 Å². The number of hydrogen-bond acceptors (Lipinski definition) is 3. The van der Waals surface area contributed by atoms with Crippen LogP contribution in [-0.2, 0) is 9.59 Å². The van der Waals surface area contributed by atoms with E-state index in [-0.39, 0.29) is 29.9 Å². The molecule has 2 aliphatic rings. The molecule has 0 aromatic rings. The first-order chi connectivity index (χ1) is 8.16. The summed E-state index contributed by atoms with van der Waals surface area (Å²) >= 11 is 0. The third kappa shape index (κ3) is 3.19. The maximum Gasteiger partial charge on any atom is 0.242 e. The van der Waals surface area contributed by atoms with E-state index in [1.165, 1.54) is 0 Å². The molecule has 96 valence electrons. The zero-order chi connectivity index (χ0) is 12.3. The molecule has 1 aliphatic heterocycles. The number of carbonyl (C=O) groups is 2. The maximum atomic E-state index is 11.7. The molecule has 5 heteroatoms. The van der Waals surface area contributed by atoms with Gasteiger partial charge in [-0.1, -0.05) is 12.8 Å². The van der Waals surface area contributed by atoms with Gasteiger partial charge in [0, 0.05) is 18.9 Å². The van der Waals surface area contributed by atoms with E-state index >= 15 is 0 Å². The summed E-state index contributed by atoms with van der Waals surface area (Å²) in [6.07, 6.45) is 4.73. The molecule has 0 bridgehead atoms. The van der Waals surface area contributed by atoms with Gasteiger partial charge in [-0.25, -0.2) is 0 Å². The normalized spacial score (nSPS) is 33.2. The topological polar surface area (TPSA) is 78.4 Å². The maximum absolute atomic E-state index is 11.7. The van der Waals surface area contributed by atoms with Crippen molar-refractivity contribution in [3.63, 3.8) is 0 Å². The summed E-state index contributed by atoms with van der Waals surface area (Å²) in [5, 5.41) is 15.2. The van der Waals surface area contributed by atoms with Gasteiger partial charge in [-0.3, -0.25) is 9.59 Å². The number of amides is 2. The predicted molar refractivity (Wildman–Crippen MR) is 62.1 cm³/mol. The van der Waals surface area contributed by atoms with Crippen LogP contribution in [0.25, 0.3) is 0 Å². The van der Waals surface area contributed by atoms with Crippen LogP contribution in [-0.4, -0.2) is 35.6 Å². The zero-order valence-electron chi connectivity index (χ0n) is 9.95. The highest BCUT2D eigenvalue weighted by Gasteiger charge is 2.28. The third-order valence-electron chi connectivity index (χ3n) is 3.72. The minimum atomic E-state index is -0.372. The quantitative estimate of drug-likeness (QED) is 0.646. The first kappa shape index (κ1) is 12.4. The number of rotatable bonds is 3. The molecule has 2 rings (SSSR count). The van der Waals surface area contributed by atoms with Gasteiger partial charge >= 0.3 is 0 Å². The van der Waals surface area contributed by atoms with E-state index in [1.54, 1.807) is 0 Å². The molecule has 1 saturated carbocycles. The van der Waals surface area contributed by atoms with Gasteiger partial charge in [0.1, 0.15) is 6.04 Å². The lowest BCUT2D eigenvalue weighted by Gasteiger charge is -2.28. The largest absolute Gasteiger partial charge is 0.393 e. The molecule has 2 fully saturated rings. The van der Waals surface area contributed by atoms with E-state index in [9.17, 15) is 14.7 Å². The van der Waals surface area contributed by atoms with E-state index in [2.05, 4.69) is 10.6 Å². The first-order valence-corrected chi connectivity index (χ1v) is 6.42. The molecule has 0 aromatic carbocycles. The van der Waals surface area contributed by atoms with Crippen LogP contribution in [0.4, 0.5) is 0 Å². The van der Waals surface area contributed by atoms with Crippen molar-refractivity contribution in [1.82, 2.24) is 10.6 Å². The van der Waals surface area contributed by atoms with Crippen LogP contribution in [0.2, 0.25) is 0 Å². The average molecular weight is 240 g/mol.